The summed E-state index contributed by atoms with van der Waals surface area (Å²) < 4.78 is 0.992. The summed E-state index contributed by atoms with van der Waals surface area (Å²) in [7, 11) is 6.90. The summed E-state index contributed by atoms with van der Waals surface area (Å²) in [6.45, 7) is 4.60. The molecule has 0 spiro atoms. The van der Waals surface area contributed by atoms with Gasteiger partial charge in [0.1, 0.15) is 0 Å². The van der Waals surface area contributed by atoms with Crippen LogP contribution in [0, 0.1) is 0 Å². The topological polar surface area (TPSA) is 0 Å². The van der Waals surface area contributed by atoms with Gasteiger partial charge in [0, 0.05) is 0 Å². The monoisotopic (exact) mass is 348 g/mol. The first kappa shape index (κ1) is 12.3. The van der Waals surface area contributed by atoms with E-state index in [1.165, 1.54) is 23.7 Å². The van der Waals surface area contributed by atoms with Crippen LogP contribution in [0.3, 0.4) is 0 Å². The molecule has 1 saturated heterocycles. The molecule has 0 N–H and O–H groups in total. The van der Waals surface area contributed by atoms with Crippen molar-refractivity contribution in [1.29, 1.82) is 0 Å². The van der Waals surface area contributed by atoms with Crippen molar-refractivity contribution in [2.75, 3.05) is 17.3 Å². The summed E-state index contributed by atoms with van der Waals surface area (Å²) >= 11 is 1.22. The first-order chi connectivity index (χ1) is 5.86. The van der Waals surface area contributed by atoms with Gasteiger partial charge in [-0.25, -0.2) is 0 Å². The van der Waals surface area contributed by atoms with Gasteiger partial charge in [-0.1, -0.05) is 0 Å². The predicted octanol–water partition coefficient (Wildman–Crippen LogP) is 3.67. The SMILES string of the molecule is CC[S][Sb]([S]CC)[S]C1CCS1. The van der Waals surface area contributed by atoms with Crippen LogP contribution >= 0.6 is 38.3 Å². The average Bonchev–Trinajstić information content (AvgIpc) is 1.97. The van der Waals surface area contributed by atoms with Crippen molar-refractivity contribution in [2.45, 2.75) is 24.9 Å². The molecule has 5 heteroatoms. The molecular formula is C7H15S4Sb. The molecule has 1 aliphatic heterocycles. The van der Waals surface area contributed by atoms with Crippen molar-refractivity contribution in [3.63, 3.8) is 0 Å². The number of hydrogen-bond donors (Lipinski definition) is 0. The molecule has 0 aliphatic carbocycles. The van der Waals surface area contributed by atoms with E-state index in [4.69, 9.17) is 0 Å². The minimum atomic E-state index is -0.951. The average molecular weight is 349 g/mol. The van der Waals surface area contributed by atoms with Crippen molar-refractivity contribution < 1.29 is 0 Å². The Morgan fingerprint density at radius 1 is 1.33 bits per heavy atom. The molecule has 72 valence electrons. The van der Waals surface area contributed by atoms with Crippen LogP contribution in [-0.2, 0) is 0 Å². The molecule has 1 aliphatic rings. The molecule has 1 heterocycles. The molecule has 0 bridgehead atoms. The van der Waals surface area contributed by atoms with Gasteiger partial charge in [-0.15, -0.1) is 0 Å². The molecule has 0 aromatic rings. The molecule has 0 nitrogen and oxygen atoms in total. The summed E-state index contributed by atoms with van der Waals surface area (Å²) in [5.41, 5.74) is 0. The molecule has 0 aromatic heterocycles. The Morgan fingerprint density at radius 3 is 2.25 bits per heavy atom. The van der Waals surface area contributed by atoms with E-state index in [9.17, 15) is 0 Å². The first-order valence-electron chi connectivity index (χ1n) is 4.21. The Morgan fingerprint density at radius 2 is 1.92 bits per heavy atom. The van der Waals surface area contributed by atoms with Crippen LogP contribution in [0.5, 0.6) is 0 Å². The second-order valence-corrected chi connectivity index (χ2v) is 25.8. The fraction of sp³-hybridized carbons (Fsp3) is 1.00. The van der Waals surface area contributed by atoms with E-state index < -0.39 is 16.0 Å². The molecule has 0 saturated carbocycles. The Kier molecular flexibility index (Phi) is 7.68. The van der Waals surface area contributed by atoms with Gasteiger partial charge in [-0.3, -0.25) is 0 Å². The van der Waals surface area contributed by atoms with Gasteiger partial charge in [0.15, 0.2) is 0 Å². The van der Waals surface area contributed by atoms with Crippen molar-refractivity contribution in [3.8, 4) is 0 Å². The van der Waals surface area contributed by atoms with E-state index in [0.29, 0.717) is 0 Å². The number of thioether (sulfide) groups is 1. The third-order valence-corrected chi connectivity index (χ3v) is 29.6. The number of rotatable bonds is 6. The molecule has 0 radical (unpaired) electrons. The van der Waals surface area contributed by atoms with E-state index in [-0.39, 0.29) is 0 Å². The second-order valence-electron chi connectivity index (χ2n) is 2.25. The van der Waals surface area contributed by atoms with Gasteiger partial charge in [-0.2, -0.15) is 0 Å². The van der Waals surface area contributed by atoms with Crippen molar-refractivity contribution >= 4 is 54.3 Å². The number of hydrogen-bond acceptors (Lipinski definition) is 4. The van der Waals surface area contributed by atoms with Gasteiger partial charge in [-0.05, 0) is 0 Å². The molecule has 1 unspecified atom stereocenters. The Labute approximate surface area is 95.3 Å². The van der Waals surface area contributed by atoms with Gasteiger partial charge in [0.2, 0.25) is 0 Å². The minimum absolute atomic E-state index is 0.951. The zero-order valence-corrected chi connectivity index (χ0v) is 13.3. The fourth-order valence-corrected chi connectivity index (χ4v) is 32.8. The van der Waals surface area contributed by atoms with Gasteiger partial charge in [0.25, 0.3) is 0 Å². The summed E-state index contributed by atoms with van der Waals surface area (Å²) in [6.07, 6.45) is 1.48. The summed E-state index contributed by atoms with van der Waals surface area (Å²) in [4.78, 5) is 0. The zero-order valence-electron chi connectivity index (χ0n) is 7.49. The van der Waals surface area contributed by atoms with E-state index in [0.717, 1.165) is 4.58 Å². The molecule has 0 aromatic carbocycles. The van der Waals surface area contributed by atoms with Crippen LogP contribution < -0.4 is 0 Å². The maximum atomic E-state index is 2.35. The van der Waals surface area contributed by atoms with E-state index >= 15 is 0 Å². The second kappa shape index (κ2) is 7.50. The van der Waals surface area contributed by atoms with E-state index in [2.05, 4.69) is 52.2 Å². The third kappa shape index (κ3) is 4.63. The Balaban J connectivity index is 2.11. The molecule has 0 amide bonds. The summed E-state index contributed by atoms with van der Waals surface area (Å²) in [5.74, 6) is 4.08. The predicted molar refractivity (Wildman–Crippen MR) is 70.5 cm³/mol. The van der Waals surface area contributed by atoms with Crippen LogP contribution in [0.25, 0.3) is 0 Å². The van der Waals surface area contributed by atoms with Gasteiger partial charge >= 0.3 is 96.4 Å². The van der Waals surface area contributed by atoms with Crippen LogP contribution in [0.1, 0.15) is 20.3 Å². The molecule has 1 fully saturated rings. The van der Waals surface area contributed by atoms with Crippen LogP contribution in [0.2, 0.25) is 0 Å². The van der Waals surface area contributed by atoms with Gasteiger partial charge in [0.05, 0.1) is 0 Å². The zero-order chi connectivity index (χ0) is 8.81. The summed E-state index contributed by atoms with van der Waals surface area (Å²) in [5, 5.41) is 0. The maximum absolute atomic E-state index is 2.35. The Hall–Kier alpha value is 2.22. The van der Waals surface area contributed by atoms with Gasteiger partial charge < -0.3 is 0 Å². The van der Waals surface area contributed by atoms with E-state index in [1.54, 1.807) is 0 Å². The molecular weight excluding hydrogens is 334 g/mol. The molecule has 1 atom stereocenters. The Bertz CT molecular complexity index is 112. The van der Waals surface area contributed by atoms with Crippen LogP contribution in [0.4, 0.5) is 0 Å². The third-order valence-electron chi connectivity index (χ3n) is 1.33. The van der Waals surface area contributed by atoms with E-state index in [1.807, 2.05) is 0 Å². The summed E-state index contributed by atoms with van der Waals surface area (Å²) in [6, 6.07) is 0. The first-order valence-corrected chi connectivity index (χ1v) is 17.4. The van der Waals surface area contributed by atoms with Crippen molar-refractivity contribution in [2.24, 2.45) is 0 Å². The molecule has 12 heavy (non-hydrogen) atoms. The molecule has 1 rings (SSSR count). The fourth-order valence-electron chi connectivity index (χ4n) is 0.702. The van der Waals surface area contributed by atoms with Crippen molar-refractivity contribution in [1.82, 2.24) is 0 Å². The quantitative estimate of drug-likeness (QED) is 0.671. The normalized spacial score (nSPS) is 22.8. The standard InChI is InChI=1S/C3H6S2.2C2H6S.Sb/c4-3-1-2-5-3;2*1-2-3;/h3-4H,1-2H2;2*3H,2H2,1H3;/q;;;+3/p-3. The van der Waals surface area contributed by atoms with Crippen LogP contribution in [-0.4, -0.2) is 37.8 Å². The van der Waals surface area contributed by atoms with Crippen molar-refractivity contribution in [3.05, 3.63) is 0 Å². The van der Waals surface area contributed by atoms with Crippen LogP contribution in [0.15, 0.2) is 0 Å².